The Morgan fingerprint density at radius 1 is 1.25 bits per heavy atom. The van der Waals surface area contributed by atoms with Gasteiger partial charge in [0.2, 0.25) is 11.7 Å². The monoisotopic (exact) mass is 568 g/mol. The molecule has 12 heteroatoms. The maximum absolute atomic E-state index is 13.7. The molecule has 1 aromatic rings. The van der Waals surface area contributed by atoms with Crippen LogP contribution in [-0.4, -0.2) is 86.4 Å². The van der Waals surface area contributed by atoms with Gasteiger partial charge in [0.05, 0.1) is 29.8 Å². The number of carbonyl (C=O) groups is 3. The lowest BCUT2D eigenvalue weighted by Gasteiger charge is -2.38. The first-order valence-electron chi connectivity index (χ1n) is 13.5. The zero-order valence-corrected chi connectivity index (χ0v) is 23.2. The third-order valence-electron chi connectivity index (χ3n) is 8.34. The fourth-order valence-electron chi connectivity index (χ4n) is 6.02. The van der Waals surface area contributed by atoms with Crippen molar-refractivity contribution >= 4 is 33.1 Å². The van der Waals surface area contributed by atoms with Gasteiger partial charge in [-0.05, 0) is 43.9 Å². The summed E-state index contributed by atoms with van der Waals surface area (Å²) in [5.74, 6) is -1.26. The second kappa shape index (κ2) is 9.77. The molecule has 3 heterocycles. The maximum atomic E-state index is 13.7. The molecule has 3 N–H and O–H groups in total. The van der Waals surface area contributed by atoms with E-state index >= 15 is 0 Å². The van der Waals surface area contributed by atoms with E-state index in [4.69, 9.17) is 9.47 Å². The molecule has 3 fully saturated rings. The predicted octanol–water partition coefficient (Wildman–Crippen LogP) is 1.05. The molecule has 0 saturated carbocycles. The zero-order chi connectivity index (χ0) is 28.2. The summed E-state index contributed by atoms with van der Waals surface area (Å²) in [5, 5.41) is 9.24. The van der Waals surface area contributed by atoms with E-state index in [0.29, 0.717) is 17.1 Å². The second-order valence-corrected chi connectivity index (χ2v) is 13.2. The highest BCUT2D eigenvalue weighted by atomic mass is 32.2. The Morgan fingerprint density at radius 3 is 2.77 bits per heavy atom. The number of amides is 2. The Kier molecular flexibility index (Phi) is 6.49. The summed E-state index contributed by atoms with van der Waals surface area (Å²) in [6.07, 6.45) is 7.61. The van der Waals surface area contributed by atoms with Crippen LogP contribution in [-0.2, 0) is 24.2 Å². The molecule has 0 radical (unpaired) electrons. The molecule has 2 aliphatic carbocycles. The van der Waals surface area contributed by atoms with Crippen molar-refractivity contribution in [3.8, 4) is 5.75 Å². The molecule has 0 bridgehead atoms. The van der Waals surface area contributed by atoms with Gasteiger partial charge in [-0.15, -0.1) is 0 Å². The number of epoxide rings is 1. The fourth-order valence-corrected chi connectivity index (χ4v) is 7.99. The number of sulfone groups is 1. The van der Waals surface area contributed by atoms with E-state index in [0.717, 1.165) is 18.4 Å². The number of hydrogen-bond donors (Lipinski definition) is 3. The first-order chi connectivity index (χ1) is 19.2. The maximum Gasteiger partial charge on any atom is 0.257 e. The Balaban J connectivity index is 1.28. The number of ketones is 1. The predicted molar refractivity (Wildman–Crippen MR) is 146 cm³/mol. The molecule has 1 aromatic carbocycles. The highest BCUT2D eigenvalue weighted by Crippen LogP contribution is 2.42. The molecule has 40 heavy (non-hydrogen) atoms. The summed E-state index contributed by atoms with van der Waals surface area (Å²) in [7, 11) is -2.28. The number of fused-ring (bicyclic) bond motifs is 1. The number of carbonyl (C=O) groups excluding carboxylic acids is 3. The number of para-hydroxylation sites is 1. The molecule has 1 spiro atoms. The molecular weight excluding hydrogens is 536 g/mol. The van der Waals surface area contributed by atoms with Crippen molar-refractivity contribution in [1.29, 1.82) is 0 Å². The van der Waals surface area contributed by atoms with Crippen LogP contribution in [0.4, 0.5) is 5.69 Å². The lowest BCUT2D eigenvalue weighted by Crippen LogP contribution is -2.61. The van der Waals surface area contributed by atoms with Gasteiger partial charge in [0.1, 0.15) is 11.8 Å². The van der Waals surface area contributed by atoms with Gasteiger partial charge in [0.15, 0.2) is 26.4 Å². The van der Waals surface area contributed by atoms with Gasteiger partial charge in [0, 0.05) is 25.7 Å². The van der Waals surface area contributed by atoms with Crippen molar-refractivity contribution in [2.75, 3.05) is 37.8 Å². The molecule has 11 nitrogen and oxygen atoms in total. The minimum atomic E-state index is -3.71. The van der Waals surface area contributed by atoms with E-state index in [9.17, 15) is 22.8 Å². The van der Waals surface area contributed by atoms with E-state index in [-0.39, 0.29) is 61.0 Å². The minimum absolute atomic E-state index is 0.0302. The number of Topliss-reactive ketones (excluding diaryl/α,β-unsaturated/α-hetero) is 1. The van der Waals surface area contributed by atoms with E-state index in [2.05, 4.69) is 34.2 Å². The average molecular weight is 569 g/mol. The highest BCUT2D eigenvalue weighted by molar-refractivity contribution is 7.93. The summed E-state index contributed by atoms with van der Waals surface area (Å²) in [4.78, 5) is 40.8. The second-order valence-electron chi connectivity index (χ2n) is 10.7. The van der Waals surface area contributed by atoms with E-state index in [1.165, 1.54) is 12.0 Å². The van der Waals surface area contributed by atoms with Crippen LogP contribution in [0.2, 0.25) is 0 Å². The molecule has 6 rings (SSSR count). The van der Waals surface area contributed by atoms with E-state index < -0.39 is 32.5 Å². The standard InChI is InChI=1S/C28H32N4O7S/c1-16(17-7-4-3-5-8-17)30-21-20(22(33)25-24(21)39-25)31-19-10-6-9-18(23(19)38-2)26(34)32-13-14-40(36,37)28(15-32)11-12-29-27(28)35/h4,6-10,16,24-25,30-31H,3,5,11-15H2,1-2H3,(H,29,35)/t16-,24?,25?,28?/m1/s1. The van der Waals surface area contributed by atoms with Gasteiger partial charge >= 0.3 is 0 Å². The van der Waals surface area contributed by atoms with Crippen molar-refractivity contribution in [2.45, 2.75) is 49.2 Å². The number of allylic oxidation sites excluding steroid dienone is 2. The smallest absolute Gasteiger partial charge is 0.257 e. The SMILES string of the molecule is COc1c(NC2=C(N[C@H](C)C3=CCCC=C3)C3OC3C2=O)cccc1C(=O)N1CCS(=O)(=O)C2(CCNC2=O)C1. The van der Waals surface area contributed by atoms with Gasteiger partial charge in [0.25, 0.3) is 5.91 Å². The van der Waals surface area contributed by atoms with E-state index in [1.807, 2.05) is 6.92 Å². The van der Waals surface area contributed by atoms with Crippen LogP contribution in [0.15, 0.2) is 53.4 Å². The van der Waals surface area contributed by atoms with Crippen molar-refractivity contribution in [3.05, 3.63) is 59.0 Å². The van der Waals surface area contributed by atoms with Crippen LogP contribution in [0.25, 0.3) is 0 Å². The largest absolute Gasteiger partial charge is 0.494 e. The molecule has 3 aliphatic heterocycles. The molecule has 212 valence electrons. The van der Waals surface area contributed by atoms with Gasteiger partial charge in [-0.25, -0.2) is 8.42 Å². The summed E-state index contributed by atoms with van der Waals surface area (Å²) < 4.78 is 35.3. The van der Waals surface area contributed by atoms with E-state index in [1.54, 1.807) is 18.2 Å². The Labute approximate surface area is 232 Å². The Hall–Kier alpha value is -3.64. The average Bonchev–Trinajstić information content (AvgIpc) is 3.60. The van der Waals surface area contributed by atoms with Crippen molar-refractivity contribution < 1.29 is 32.3 Å². The molecule has 5 aliphatic rings. The molecule has 3 unspecified atom stereocenters. The van der Waals surface area contributed by atoms with Crippen LogP contribution in [0, 0.1) is 0 Å². The van der Waals surface area contributed by atoms with Gasteiger partial charge in [-0.1, -0.05) is 24.3 Å². The molecule has 2 amide bonds. The number of hydrogen-bond acceptors (Lipinski definition) is 9. The van der Waals surface area contributed by atoms with Crippen LogP contribution < -0.4 is 20.7 Å². The molecule has 3 saturated heterocycles. The number of nitrogens with one attached hydrogen (secondary N) is 3. The first kappa shape index (κ1) is 26.6. The lowest BCUT2D eigenvalue weighted by atomic mass is 10.0. The number of rotatable bonds is 7. The highest BCUT2D eigenvalue weighted by Gasteiger charge is 2.58. The number of benzene rings is 1. The summed E-state index contributed by atoms with van der Waals surface area (Å²) in [5.41, 5.74) is 2.78. The first-order valence-corrected chi connectivity index (χ1v) is 15.1. The Bertz CT molecular complexity index is 1500. The van der Waals surface area contributed by atoms with Crippen molar-refractivity contribution in [1.82, 2.24) is 15.5 Å². The zero-order valence-electron chi connectivity index (χ0n) is 22.4. The third-order valence-corrected chi connectivity index (χ3v) is 10.8. The quantitative estimate of drug-likeness (QED) is 0.411. The van der Waals surface area contributed by atoms with Crippen molar-refractivity contribution in [3.63, 3.8) is 0 Å². The number of nitrogens with zero attached hydrogens (tertiary/aromatic N) is 1. The number of ether oxygens (including phenoxy) is 2. The van der Waals surface area contributed by atoms with Crippen molar-refractivity contribution in [2.24, 2.45) is 0 Å². The summed E-state index contributed by atoms with van der Waals surface area (Å²) in [6, 6.07) is 4.93. The van der Waals surface area contributed by atoms with Crippen LogP contribution >= 0.6 is 0 Å². The Morgan fingerprint density at radius 2 is 2.08 bits per heavy atom. The third kappa shape index (κ3) is 4.21. The summed E-state index contributed by atoms with van der Waals surface area (Å²) in [6.45, 7) is 2.03. The minimum Gasteiger partial charge on any atom is -0.494 e. The van der Waals surface area contributed by atoms with Crippen LogP contribution in [0.5, 0.6) is 5.75 Å². The topological polar surface area (TPSA) is 146 Å². The molecule has 4 atom stereocenters. The fraction of sp³-hybridized carbons (Fsp3) is 0.464. The van der Waals surface area contributed by atoms with Crippen LogP contribution in [0.1, 0.15) is 36.5 Å². The lowest BCUT2D eigenvalue weighted by molar-refractivity contribution is -0.121. The molecule has 0 aromatic heterocycles. The summed E-state index contributed by atoms with van der Waals surface area (Å²) >= 11 is 0. The normalized spacial score (nSPS) is 29.1. The number of methoxy groups -OCH3 is 1. The van der Waals surface area contributed by atoms with Gasteiger partial charge in [-0.3, -0.25) is 14.4 Å². The molecular formula is C28H32N4O7S. The van der Waals surface area contributed by atoms with Gasteiger partial charge in [-0.2, -0.15) is 0 Å². The van der Waals surface area contributed by atoms with Gasteiger partial charge < -0.3 is 30.3 Å². The van der Waals surface area contributed by atoms with Crippen LogP contribution in [0.3, 0.4) is 0 Å². The number of anilines is 1.